The molecule has 19 heavy (non-hydrogen) atoms. The van der Waals surface area contributed by atoms with Crippen molar-refractivity contribution in [2.24, 2.45) is 0 Å². The molecule has 0 radical (unpaired) electrons. The maximum atomic E-state index is 13.2. The van der Waals surface area contributed by atoms with Gasteiger partial charge in [0.15, 0.2) is 0 Å². The summed E-state index contributed by atoms with van der Waals surface area (Å²) in [5, 5.41) is 4.12. The Hall–Kier alpha value is -0.510. The summed E-state index contributed by atoms with van der Waals surface area (Å²) in [6.45, 7) is 2.36. The Labute approximate surface area is 122 Å². The van der Waals surface area contributed by atoms with E-state index in [1.807, 2.05) is 0 Å². The first kappa shape index (κ1) is 13.5. The van der Waals surface area contributed by atoms with Crippen LogP contribution in [-0.4, -0.2) is 30.1 Å². The molecule has 0 aromatic heterocycles. The second-order valence-electron chi connectivity index (χ2n) is 5.44. The van der Waals surface area contributed by atoms with E-state index in [0.29, 0.717) is 27.8 Å². The number of anilines is 1. The van der Waals surface area contributed by atoms with Crippen molar-refractivity contribution in [3.8, 4) is 0 Å². The summed E-state index contributed by atoms with van der Waals surface area (Å²) in [6.07, 6.45) is 4.78. The quantitative estimate of drug-likeness (QED) is 0.882. The van der Waals surface area contributed by atoms with Crippen LogP contribution in [0.3, 0.4) is 0 Å². The lowest BCUT2D eigenvalue weighted by atomic mass is 9.97. The van der Waals surface area contributed by atoms with Crippen molar-refractivity contribution in [1.82, 2.24) is 4.90 Å². The van der Waals surface area contributed by atoms with Crippen molar-refractivity contribution >= 4 is 28.9 Å². The van der Waals surface area contributed by atoms with Crippen molar-refractivity contribution < 1.29 is 4.39 Å². The molecule has 2 unspecified atom stereocenters. The molecule has 1 aromatic rings. The summed E-state index contributed by atoms with van der Waals surface area (Å²) in [5.41, 5.74) is 0.668. The molecule has 2 aliphatic rings. The first-order chi connectivity index (χ1) is 9.13. The SMILES string of the molecule is Fc1cc(Cl)c(NC2CCN3CCCC3C2)c(Cl)c1. The number of piperidine rings is 1. The maximum absolute atomic E-state index is 13.2. The Morgan fingerprint density at radius 1 is 1.16 bits per heavy atom. The van der Waals surface area contributed by atoms with Crippen LogP contribution in [0.25, 0.3) is 0 Å². The minimum absolute atomic E-state index is 0.360. The van der Waals surface area contributed by atoms with Gasteiger partial charge in [0.2, 0.25) is 0 Å². The highest BCUT2D eigenvalue weighted by Crippen LogP contribution is 2.34. The van der Waals surface area contributed by atoms with Crippen molar-refractivity contribution in [3.05, 3.63) is 28.0 Å². The predicted octanol–water partition coefficient (Wildman–Crippen LogP) is 4.17. The number of nitrogens with one attached hydrogen (secondary N) is 1. The summed E-state index contributed by atoms with van der Waals surface area (Å²) >= 11 is 12.1. The molecule has 1 N–H and O–H groups in total. The first-order valence-electron chi connectivity index (χ1n) is 6.78. The number of hydrogen-bond acceptors (Lipinski definition) is 2. The van der Waals surface area contributed by atoms with E-state index in [9.17, 15) is 4.39 Å². The van der Waals surface area contributed by atoms with E-state index in [-0.39, 0.29) is 0 Å². The molecule has 2 atom stereocenters. The van der Waals surface area contributed by atoms with E-state index < -0.39 is 5.82 Å². The maximum Gasteiger partial charge on any atom is 0.126 e. The molecule has 0 aliphatic carbocycles. The lowest BCUT2D eigenvalue weighted by Crippen LogP contribution is -2.42. The van der Waals surface area contributed by atoms with E-state index in [4.69, 9.17) is 23.2 Å². The second kappa shape index (κ2) is 5.47. The zero-order valence-corrected chi connectivity index (χ0v) is 12.1. The van der Waals surface area contributed by atoms with E-state index in [1.165, 1.54) is 31.5 Å². The normalized spacial score (nSPS) is 27.3. The molecule has 3 rings (SSSR count). The summed E-state index contributed by atoms with van der Waals surface area (Å²) in [5.74, 6) is -0.397. The molecule has 1 aromatic carbocycles. The van der Waals surface area contributed by atoms with Crippen molar-refractivity contribution in [2.45, 2.75) is 37.8 Å². The second-order valence-corrected chi connectivity index (χ2v) is 6.26. The number of nitrogens with zero attached hydrogens (tertiary/aromatic N) is 1. The minimum atomic E-state index is -0.397. The summed E-state index contributed by atoms with van der Waals surface area (Å²) in [7, 11) is 0. The van der Waals surface area contributed by atoms with E-state index >= 15 is 0 Å². The van der Waals surface area contributed by atoms with Crippen molar-refractivity contribution in [2.75, 3.05) is 18.4 Å². The fraction of sp³-hybridized carbons (Fsp3) is 0.571. The summed E-state index contributed by atoms with van der Waals surface area (Å²) < 4.78 is 13.2. The lowest BCUT2D eigenvalue weighted by molar-refractivity contribution is 0.188. The average molecular weight is 303 g/mol. The van der Waals surface area contributed by atoms with Crippen LogP contribution in [0, 0.1) is 5.82 Å². The zero-order chi connectivity index (χ0) is 13.4. The third kappa shape index (κ3) is 2.83. The highest BCUT2D eigenvalue weighted by atomic mass is 35.5. The Balaban J connectivity index is 1.72. The Morgan fingerprint density at radius 3 is 2.63 bits per heavy atom. The standard InChI is InChI=1S/C14H17Cl2FN2/c15-12-6-9(17)7-13(16)14(12)18-10-3-5-19-4-1-2-11(19)8-10/h6-7,10-11,18H,1-5,8H2. The lowest BCUT2D eigenvalue weighted by Gasteiger charge is -2.35. The van der Waals surface area contributed by atoms with Gasteiger partial charge in [0, 0.05) is 18.6 Å². The van der Waals surface area contributed by atoms with Crippen LogP contribution in [0.2, 0.25) is 10.0 Å². The third-order valence-corrected chi connectivity index (χ3v) is 4.77. The topological polar surface area (TPSA) is 15.3 Å². The van der Waals surface area contributed by atoms with Crippen LogP contribution in [-0.2, 0) is 0 Å². The van der Waals surface area contributed by atoms with Gasteiger partial charge in [-0.05, 0) is 44.4 Å². The Morgan fingerprint density at radius 2 is 1.89 bits per heavy atom. The molecule has 0 spiro atoms. The van der Waals surface area contributed by atoms with Crippen molar-refractivity contribution in [3.63, 3.8) is 0 Å². The Bertz CT molecular complexity index is 458. The van der Waals surface area contributed by atoms with E-state index in [2.05, 4.69) is 10.2 Å². The van der Waals surface area contributed by atoms with E-state index in [0.717, 1.165) is 19.4 Å². The fourth-order valence-electron chi connectivity index (χ4n) is 3.24. The number of fused-ring (bicyclic) bond motifs is 1. The Kier molecular flexibility index (Phi) is 3.88. The monoisotopic (exact) mass is 302 g/mol. The molecule has 0 bridgehead atoms. The molecule has 2 aliphatic heterocycles. The van der Waals surface area contributed by atoms with Gasteiger partial charge < -0.3 is 10.2 Å². The predicted molar refractivity (Wildman–Crippen MR) is 77.7 cm³/mol. The number of rotatable bonds is 2. The number of hydrogen-bond donors (Lipinski definition) is 1. The molecule has 2 fully saturated rings. The molecule has 0 saturated carbocycles. The van der Waals surface area contributed by atoms with Gasteiger partial charge in [0.1, 0.15) is 5.82 Å². The van der Waals surface area contributed by atoms with Gasteiger partial charge in [-0.3, -0.25) is 0 Å². The smallest absolute Gasteiger partial charge is 0.126 e. The molecular formula is C14H17Cl2FN2. The summed E-state index contributed by atoms with van der Waals surface area (Å²) in [6, 6.07) is 3.67. The average Bonchev–Trinajstić information content (AvgIpc) is 2.81. The zero-order valence-electron chi connectivity index (χ0n) is 10.6. The summed E-state index contributed by atoms with van der Waals surface area (Å²) in [4.78, 5) is 2.56. The third-order valence-electron chi connectivity index (χ3n) is 4.18. The molecular weight excluding hydrogens is 286 g/mol. The molecule has 2 nitrogen and oxygen atoms in total. The van der Waals surface area contributed by atoms with Gasteiger partial charge in [0.25, 0.3) is 0 Å². The molecule has 2 heterocycles. The van der Waals surface area contributed by atoms with Crippen molar-refractivity contribution in [1.29, 1.82) is 0 Å². The van der Waals surface area contributed by atoms with Gasteiger partial charge >= 0.3 is 0 Å². The van der Waals surface area contributed by atoms with Gasteiger partial charge in [-0.25, -0.2) is 4.39 Å². The van der Waals surface area contributed by atoms with Gasteiger partial charge in [-0.15, -0.1) is 0 Å². The molecule has 0 amide bonds. The minimum Gasteiger partial charge on any atom is -0.380 e. The van der Waals surface area contributed by atoms with Crippen LogP contribution in [0.4, 0.5) is 10.1 Å². The number of halogens is 3. The van der Waals surface area contributed by atoms with Crippen LogP contribution < -0.4 is 5.32 Å². The fourth-order valence-corrected chi connectivity index (χ4v) is 3.81. The van der Waals surface area contributed by atoms with Crippen LogP contribution in [0.1, 0.15) is 25.7 Å². The van der Waals surface area contributed by atoms with E-state index in [1.54, 1.807) is 0 Å². The molecule has 2 saturated heterocycles. The van der Waals surface area contributed by atoms with Gasteiger partial charge in [0.05, 0.1) is 15.7 Å². The molecule has 5 heteroatoms. The number of benzene rings is 1. The largest absolute Gasteiger partial charge is 0.380 e. The first-order valence-corrected chi connectivity index (χ1v) is 7.54. The van der Waals surface area contributed by atoms with Gasteiger partial charge in [-0.2, -0.15) is 0 Å². The van der Waals surface area contributed by atoms with Crippen LogP contribution in [0.5, 0.6) is 0 Å². The van der Waals surface area contributed by atoms with Gasteiger partial charge in [-0.1, -0.05) is 23.2 Å². The van der Waals surface area contributed by atoms with Crippen LogP contribution in [0.15, 0.2) is 12.1 Å². The van der Waals surface area contributed by atoms with Crippen LogP contribution >= 0.6 is 23.2 Å². The highest BCUT2D eigenvalue weighted by molar-refractivity contribution is 6.39. The highest BCUT2D eigenvalue weighted by Gasteiger charge is 2.31. The molecule has 104 valence electrons.